The number of nitrogens with two attached hydrogens (primary N) is 1. The van der Waals surface area contributed by atoms with Crippen LogP contribution in [0.15, 0.2) is 12.3 Å². The number of aromatic nitrogens is 1. The van der Waals surface area contributed by atoms with Gasteiger partial charge in [0, 0.05) is 17.8 Å². The highest BCUT2D eigenvalue weighted by molar-refractivity contribution is 5.31. The summed E-state index contributed by atoms with van der Waals surface area (Å²) in [6.07, 6.45) is 4.81. The Balaban J connectivity index is 2.03. The second kappa shape index (κ2) is 3.42. The molecule has 1 atom stereocenters. The van der Waals surface area contributed by atoms with Crippen molar-refractivity contribution < 1.29 is 4.92 Å². The molecule has 1 saturated carbocycles. The standard InChI is InChI=1S/C9H13N3O2/c10-8(3-6-1-2-6)9-4-7(5-11-9)12(13)14/h4-6,8,11H,1-3,10H2/t8-/m1/s1. The molecule has 1 aromatic rings. The van der Waals surface area contributed by atoms with Gasteiger partial charge in [0.2, 0.25) is 0 Å². The molecule has 3 N–H and O–H groups in total. The fourth-order valence-electron chi connectivity index (χ4n) is 1.56. The summed E-state index contributed by atoms with van der Waals surface area (Å²) in [6.45, 7) is 0. The molecule has 0 saturated heterocycles. The van der Waals surface area contributed by atoms with E-state index >= 15 is 0 Å². The zero-order chi connectivity index (χ0) is 10.1. The molecule has 1 aromatic heterocycles. The summed E-state index contributed by atoms with van der Waals surface area (Å²) in [5, 5.41) is 10.4. The maximum Gasteiger partial charge on any atom is 0.287 e. The minimum atomic E-state index is -0.413. The molecule has 1 aliphatic rings. The minimum absolute atomic E-state index is 0.0869. The second-order valence-corrected chi connectivity index (χ2v) is 3.86. The van der Waals surface area contributed by atoms with Crippen LogP contribution in [-0.4, -0.2) is 9.91 Å². The highest BCUT2D eigenvalue weighted by Crippen LogP contribution is 2.36. The number of aromatic amines is 1. The Morgan fingerprint density at radius 3 is 2.93 bits per heavy atom. The summed E-state index contributed by atoms with van der Waals surface area (Å²) in [4.78, 5) is 12.9. The molecule has 5 nitrogen and oxygen atoms in total. The topological polar surface area (TPSA) is 84.9 Å². The van der Waals surface area contributed by atoms with Gasteiger partial charge in [-0.25, -0.2) is 0 Å². The molecule has 76 valence electrons. The molecular formula is C9H13N3O2. The van der Waals surface area contributed by atoms with Gasteiger partial charge in [0.25, 0.3) is 5.69 Å². The Labute approximate surface area is 81.5 Å². The van der Waals surface area contributed by atoms with Crippen molar-refractivity contribution >= 4 is 5.69 Å². The average molecular weight is 195 g/mol. The van der Waals surface area contributed by atoms with Crippen molar-refractivity contribution in [1.29, 1.82) is 0 Å². The smallest absolute Gasteiger partial charge is 0.287 e. The van der Waals surface area contributed by atoms with E-state index in [4.69, 9.17) is 5.73 Å². The molecular weight excluding hydrogens is 182 g/mol. The van der Waals surface area contributed by atoms with Crippen molar-refractivity contribution in [2.75, 3.05) is 0 Å². The molecule has 1 fully saturated rings. The maximum absolute atomic E-state index is 10.4. The number of H-pyrrole nitrogens is 1. The number of nitro groups is 1. The van der Waals surface area contributed by atoms with Crippen LogP contribution in [0.5, 0.6) is 0 Å². The number of nitrogens with zero attached hydrogens (tertiary/aromatic N) is 1. The van der Waals surface area contributed by atoms with Crippen LogP contribution in [0.25, 0.3) is 0 Å². The van der Waals surface area contributed by atoms with Crippen LogP contribution in [0.3, 0.4) is 0 Å². The normalized spacial score (nSPS) is 18.1. The van der Waals surface area contributed by atoms with Crippen LogP contribution < -0.4 is 5.73 Å². The van der Waals surface area contributed by atoms with Crippen molar-refractivity contribution in [2.45, 2.75) is 25.3 Å². The lowest BCUT2D eigenvalue weighted by Gasteiger charge is -2.07. The van der Waals surface area contributed by atoms with Gasteiger partial charge in [-0.05, 0) is 12.3 Å². The van der Waals surface area contributed by atoms with Crippen LogP contribution in [-0.2, 0) is 0 Å². The van der Waals surface area contributed by atoms with Gasteiger partial charge in [-0.2, -0.15) is 0 Å². The molecule has 0 amide bonds. The van der Waals surface area contributed by atoms with Crippen molar-refractivity contribution in [1.82, 2.24) is 4.98 Å². The van der Waals surface area contributed by atoms with Gasteiger partial charge in [0.15, 0.2) is 0 Å². The summed E-state index contributed by atoms with van der Waals surface area (Å²) in [5.74, 6) is 0.729. The largest absolute Gasteiger partial charge is 0.358 e. The number of hydrogen-bond acceptors (Lipinski definition) is 3. The Morgan fingerprint density at radius 2 is 2.43 bits per heavy atom. The van der Waals surface area contributed by atoms with Crippen LogP contribution in [0.2, 0.25) is 0 Å². The van der Waals surface area contributed by atoms with Crippen LogP contribution in [0.4, 0.5) is 5.69 Å². The molecule has 5 heteroatoms. The van der Waals surface area contributed by atoms with Gasteiger partial charge in [0.05, 0.1) is 11.1 Å². The lowest BCUT2D eigenvalue weighted by molar-refractivity contribution is -0.384. The molecule has 2 rings (SSSR count). The molecule has 14 heavy (non-hydrogen) atoms. The van der Waals surface area contributed by atoms with Gasteiger partial charge in [-0.15, -0.1) is 0 Å². The third kappa shape index (κ3) is 1.93. The predicted molar refractivity (Wildman–Crippen MR) is 51.7 cm³/mol. The SMILES string of the molecule is N[C@H](CC1CC1)c1cc([N+](=O)[O-])c[nH]1. The molecule has 1 aliphatic carbocycles. The van der Waals surface area contributed by atoms with E-state index in [9.17, 15) is 10.1 Å². The summed E-state index contributed by atoms with van der Waals surface area (Å²) >= 11 is 0. The summed E-state index contributed by atoms with van der Waals surface area (Å²) in [6, 6.07) is 1.43. The van der Waals surface area contributed by atoms with Gasteiger partial charge >= 0.3 is 0 Å². The van der Waals surface area contributed by atoms with Crippen LogP contribution in [0.1, 0.15) is 31.0 Å². The van der Waals surface area contributed by atoms with Crippen molar-refractivity contribution in [3.63, 3.8) is 0 Å². The quantitative estimate of drug-likeness (QED) is 0.566. The van der Waals surface area contributed by atoms with E-state index in [1.807, 2.05) is 0 Å². The molecule has 0 unspecified atom stereocenters. The van der Waals surface area contributed by atoms with E-state index in [-0.39, 0.29) is 11.7 Å². The zero-order valence-electron chi connectivity index (χ0n) is 7.77. The molecule has 0 aliphatic heterocycles. The first kappa shape index (κ1) is 9.21. The van der Waals surface area contributed by atoms with E-state index in [0.29, 0.717) is 0 Å². The molecule has 1 heterocycles. The first-order chi connectivity index (χ1) is 6.66. The Kier molecular flexibility index (Phi) is 2.25. The first-order valence-electron chi connectivity index (χ1n) is 4.75. The maximum atomic E-state index is 10.4. The van der Waals surface area contributed by atoms with Gasteiger partial charge in [-0.3, -0.25) is 10.1 Å². The summed E-state index contributed by atoms with van der Waals surface area (Å²) in [5.41, 5.74) is 6.75. The predicted octanol–water partition coefficient (Wildman–Crippen LogP) is 1.72. The Hall–Kier alpha value is -1.36. The Bertz CT molecular complexity index is 344. The molecule has 0 spiro atoms. The molecule has 0 aromatic carbocycles. The molecule has 0 bridgehead atoms. The zero-order valence-corrected chi connectivity index (χ0v) is 7.77. The number of rotatable bonds is 4. The lowest BCUT2D eigenvalue weighted by Crippen LogP contribution is -2.11. The Morgan fingerprint density at radius 1 is 1.71 bits per heavy atom. The van der Waals surface area contributed by atoms with E-state index in [2.05, 4.69) is 4.98 Å². The third-order valence-electron chi connectivity index (χ3n) is 2.58. The number of hydrogen-bond donors (Lipinski definition) is 2. The monoisotopic (exact) mass is 195 g/mol. The first-order valence-corrected chi connectivity index (χ1v) is 4.75. The fraction of sp³-hybridized carbons (Fsp3) is 0.556. The van der Waals surface area contributed by atoms with Gasteiger partial charge < -0.3 is 10.7 Å². The van der Waals surface area contributed by atoms with Crippen molar-refractivity contribution in [2.24, 2.45) is 11.7 Å². The van der Waals surface area contributed by atoms with Crippen LogP contribution in [0, 0.1) is 16.0 Å². The third-order valence-corrected chi connectivity index (χ3v) is 2.58. The van der Waals surface area contributed by atoms with E-state index in [1.54, 1.807) is 0 Å². The highest BCUT2D eigenvalue weighted by Gasteiger charge is 2.25. The van der Waals surface area contributed by atoms with E-state index < -0.39 is 4.92 Å². The van der Waals surface area contributed by atoms with E-state index in [1.165, 1.54) is 25.1 Å². The van der Waals surface area contributed by atoms with Crippen molar-refractivity contribution in [3.05, 3.63) is 28.1 Å². The fourth-order valence-corrected chi connectivity index (χ4v) is 1.56. The lowest BCUT2D eigenvalue weighted by atomic mass is 10.1. The summed E-state index contributed by atoms with van der Waals surface area (Å²) in [7, 11) is 0. The van der Waals surface area contributed by atoms with Crippen LogP contribution >= 0.6 is 0 Å². The number of nitrogens with one attached hydrogen (secondary N) is 1. The van der Waals surface area contributed by atoms with Gasteiger partial charge in [-0.1, -0.05) is 12.8 Å². The minimum Gasteiger partial charge on any atom is -0.358 e. The van der Waals surface area contributed by atoms with Crippen molar-refractivity contribution in [3.8, 4) is 0 Å². The summed E-state index contributed by atoms with van der Waals surface area (Å²) < 4.78 is 0. The molecule has 0 radical (unpaired) electrons. The average Bonchev–Trinajstić information content (AvgIpc) is 2.81. The van der Waals surface area contributed by atoms with Gasteiger partial charge in [0.1, 0.15) is 0 Å². The van der Waals surface area contributed by atoms with E-state index in [0.717, 1.165) is 18.0 Å². The highest BCUT2D eigenvalue weighted by atomic mass is 16.6. The second-order valence-electron chi connectivity index (χ2n) is 3.86.